The smallest absolute Gasteiger partial charge is 0.255 e. The number of carbonyl (C=O) groups is 2. The van der Waals surface area contributed by atoms with Crippen molar-refractivity contribution in [1.29, 1.82) is 0 Å². The Morgan fingerprint density at radius 3 is 2.50 bits per heavy atom. The third-order valence-corrected chi connectivity index (χ3v) is 3.23. The first kappa shape index (κ1) is 16.2. The fourth-order valence-electron chi connectivity index (χ4n) is 1.72. The molecule has 20 heavy (non-hydrogen) atoms. The molecule has 0 saturated heterocycles. The summed E-state index contributed by atoms with van der Waals surface area (Å²) in [5, 5.41) is 14.2. The van der Waals surface area contributed by atoms with Crippen LogP contribution < -0.4 is 10.6 Å². The standard InChI is InChI=1S/C14H22N2O4/c1-8(7-17)10(3)16-13(18)6-15-14(19)12-5-9(2)20-11(12)4/h5,8,10,17H,6-7H2,1-4H3,(H,15,19)(H,16,18). The second kappa shape index (κ2) is 7.09. The molecule has 6 heteroatoms. The van der Waals surface area contributed by atoms with Gasteiger partial charge in [-0.15, -0.1) is 0 Å². The van der Waals surface area contributed by atoms with Gasteiger partial charge in [0.15, 0.2) is 0 Å². The molecule has 0 saturated carbocycles. The quantitative estimate of drug-likeness (QED) is 0.718. The van der Waals surface area contributed by atoms with Crippen LogP contribution in [0.25, 0.3) is 0 Å². The van der Waals surface area contributed by atoms with Crippen molar-refractivity contribution in [3.63, 3.8) is 0 Å². The normalized spacial score (nSPS) is 13.7. The molecule has 0 aliphatic carbocycles. The molecule has 0 aliphatic heterocycles. The number of rotatable bonds is 6. The number of aliphatic hydroxyl groups is 1. The van der Waals surface area contributed by atoms with Crippen molar-refractivity contribution in [2.45, 2.75) is 33.7 Å². The van der Waals surface area contributed by atoms with Gasteiger partial charge in [0.2, 0.25) is 5.91 Å². The summed E-state index contributed by atoms with van der Waals surface area (Å²) in [5.41, 5.74) is 0.437. The zero-order valence-corrected chi connectivity index (χ0v) is 12.3. The van der Waals surface area contributed by atoms with Gasteiger partial charge in [-0.2, -0.15) is 0 Å². The first-order chi connectivity index (χ1) is 9.35. The minimum atomic E-state index is -0.336. The Morgan fingerprint density at radius 2 is 2.00 bits per heavy atom. The van der Waals surface area contributed by atoms with Crippen molar-refractivity contribution in [3.8, 4) is 0 Å². The highest BCUT2D eigenvalue weighted by Gasteiger charge is 2.16. The van der Waals surface area contributed by atoms with Crippen molar-refractivity contribution in [3.05, 3.63) is 23.2 Å². The third kappa shape index (κ3) is 4.38. The minimum absolute atomic E-state index is 0.00129. The Morgan fingerprint density at radius 1 is 1.35 bits per heavy atom. The number of carbonyl (C=O) groups excluding carboxylic acids is 2. The SMILES string of the molecule is Cc1cc(C(=O)NCC(=O)NC(C)C(C)CO)c(C)o1. The van der Waals surface area contributed by atoms with Crippen LogP contribution in [0.1, 0.15) is 35.7 Å². The number of furan rings is 1. The topological polar surface area (TPSA) is 91.6 Å². The van der Waals surface area contributed by atoms with Crippen LogP contribution in [-0.4, -0.2) is 36.1 Å². The van der Waals surface area contributed by atoms with E-state index in [2.05, 4.69) is 10.6 Å². The fourth-order valence-corrected chi connectivity index (χ4v) is 1.72. The van der Waals surface area contributed by atoms with Gasteiger partial charge in [0.05, 0.1) is 12.1 Å². The molecule has 6 nitrogen and oxygen atoms in total. The maximum atomic E-state index is 11.9. The van der Waals surface area contributed by atoms with Gasteiger partial charge in [-0.1, -0.05) is 6.92 Å². The van der Waals surface area contributed by atoms with Gasteiger partial charge in [0.25, 0.3) is 5.91 Å². The Kier molecular flexibility index (Phi) is 5.76. The Balaban J connectivity index is 2.45. The van der Waals surface area contributed by atoms with E-state index in [1.807, 2.05) is 13.8 Å². The highest BCUT2D eigenvalue weighted by atomic mass is 16.3. The molecule has 0 bridgehead atoms. The first-order valence-corrected chi connectivity index (χ1v) is 6.60. The minimum Gasteiger partial charge on any atom is -0.466 e. The molecule has 1 heterocycles. The van der Waals surface area contributed by atoms with Gasteiger partial charge in [0, 0.05) is 12.6 Å². The average molecular weight is 282 g/mol. The molecule has 1 aromatic rings. The number of aliphatic hydroxyl groups excluding tert-OH is 1. The number of aryl methyl sites for hydroxylation is 2. The molecule has 112 valence electrons. The van der Waals surface area contributed by atoms with E-state index < -0.39 is 0 Å². The van der Waals surface area contributed by atoms with Crippen molar-refractivity contribution < 1.29 is 19.1 Å². The van der Waals surface area contributed by atoms with Crippen LogP contribution in [-0.2, 0) is 4.79 Å². The maximum absolute atomic E-state index is 11.9. The van der Waals surface area contributed by atoms with Crippen molar-refractivity contribution >= 4 is 11.8 Å². The number of hydrogen-bond donors (Lipinski definition) is 3. The molecule has 1 aromatic heterocycles. The summed E-state index contributed by atoms with van der Waals surface area (Å²) in [4.78, 5) is 23.5. The highest BCUT2D eigenvalue weighted by molar-refractivity contribution is 5.97. The van der Waals surface area contributed by atoms with E-state index in [1.54, 1.807) is 19.9 Å². The van der Waals surface area contributed by atoms with E-state index in [4.69, 9.17) is 9.52 Å². The molecule has 1 rings (SSSR count). The lowest BCUT2D eigenvalue weighted by molar-refractivity contribution is -0.121. The molecular formula is C14H22N2O4. The molecule has 0 aliphatic rings. The maximum Gasteiger partial charge on any atom is 0.255 e. The third-order valence-electron chi connectivity index (χ3n) is 3.23. The van der Waals surface area contributed by atoms with Crippen LogP contribution in [0.4, 0.5) is 0 Å². The Labute approximate surface area is 118 Å². The average Bonchev–Trinajstić information content (AvgIpc) is 2.73. The van der Waals surface area contributed by atoms with Crippen molar-refractivity contribution in [1.82, 2.24) is 10.6 Å². The summed E-state index contributed by atoms with van der Waals surface area (Å²) in [7, 11) is 0. The molecular weight excluding hydrogens is 260 g/mol. The molecule has 2 atom stereocenters. The summed E-state index contributed by atoms with van der Waals surface area (Å²) in [6, 6.07) is 1.49. The van der Waals surface area contributed by atoms with Crippen molar-refractivity contribution in [2.24, 2.45) is 5.92 Å². The lowest BCUT2D eigenvalue weighted by Crippen LogP contribution is -2.43. The fraction of sp³-hybridized carbons (Fsp3) is 0.571. The summed E-state index contributed by atoms with van der Waals surface area (Å²) >= 11 is 0. The second-order valence-electron chi connectivity index (χ2n) is 5.03. The van der Waals surface area contributed by atoms with Crippen LogP contribution in [0.3, 0.4) is 0 Å². The predicted octanol–water partition coefficient (Wildman–Crippen LogP) is 0.759. The molecule has 2 unspecified atom stereocenters. The highest BCUT2D eigenvalue weighted by Crippen LogP contribution is 2.13. The summed E-state index contributed by atoms with van der Waals surface area (Å²) in [6.07, 6.45) is 0. The van der Waals surface area contributed by atoms with Gasteiger partial charge < -0.3 is 20.2 Å². The number of amides is 2. The van der Waals surface area contributed by atoms with Crippen LogP contribution in [0.5, 0.6) is 0 Å². The van der Waals surface area contributed by atoms with Gasteiger partial charge in [-0.3, -0.25) is 9.59 Å². The Bertz CT molecular complexity index is 482. The molecule has 0 fully saturated rings. The predicted molar refractivity (Wildman–Crippen MR) is 74.4 cm³/mol. The van der Waals surface area contributed by atoms with Gasteiger partial charge >= 0.3 is 0 Å². The van der Waals surface area contributed by atoms with E-state index in [0.29, 0.717) is 17.1 Å². The first-order valence-electron chi connectivity index (χ1n) is 6.60. The summed E-state index contributed by atoms with van der Waals surface area (Å²) in [5.74, 6) is 0.528. The van der Waals surface area contributed by atoms with Crippen molar-refractivity contribution in [2.75, 3.05) is 13.2 Å². The van der Waals surface area contributed by atoms with E-state index >= 15 is 0 Å². The van der Waals surface area contributed by atoms with E-state index in [1.165, 1.54) is 0 Å². The van der Waals surface area contributed by atoms with E-state index in [9.17, 15) is 9.59 Å². The van der Waals surface area contributed by atoms with E-state index in [0.717, 1.165) is 0 Å². The van der Waals surface area contributed by atoms with E-state index in [-0.39, 0.29) is 36.9 Å². The lowest BCUT2D eigenvalue weighted by atomic mass is 10.1. The summed E-state index contributed by atoms with van der Waals surface area (Å²) < 4.78 is 5.26. The zero-order chi connectivity index (χ0) is 15.3. The Hall–Kier alpha value is -1.82. The van der Waals surface area contributed by atoms with Crippen LogP contribution in [0.2, 0.25) is 0 Å². The van der Waals surface area contributed by atoms with Gasteiger partial charge in [-0.25, -0.2) is 0 Å². The van der Waals surface area contributed by atoms with Crippen LogP contribution >= 0.6 is 0 Å². The molecule has 0 aromatic carbocycles. The lowest BCUT2D eigenvalue weighted by Gasteiger charge is -2.19. The molecule has 2 amide bonds. The monoisotopic (exact) mass is 282 g/mol. The molecule has 0 radical (unpaired) electrons. The number of nitrogens with one attached hydrogen (secondary N) is 2. The van der Waals surface area contributed by atoms with Gasteiger partial charge in [-0.05, 0) is 32.8 Å². The largest absolute Gasteiger partial charge is 0.466 e. The van der Waals surface area contributed by atoms with Crippen LogP contribution in [0, 0.1) is 19.8 Å². The molecule has 0 spiro atoms. The second-order valence-corrected chi connectivity index (χ2v) is 5.03. The van der Waals surface area contributed by atoms with Crippen LogP contribution in [0.15, 0.2) is 10.5 Å². The zero-order valence-electron chi connectivity index (χ0n) is 12.3. The number of hydrogen-bond acceptors (Lipinski definition) is 4. The summed E-state index contributed by atoms with van der Waals surface area (Å²) in [6.45, 7) is 7.00. The van der Waals surface area contributed by atoms with Gasteiger partial charge in [0.1, 0.15) is 11.5 Å². The molecule has 3 N–H and O–H groups in total.